The molecule has 118 valence electrons. The van der Waals surface area contributed by atoms with Crippen LogP contribution in [0.3, 0.4) is 0 Å². The standard InChI is InChI=1S/C13H18ClN3O2S.ClH/c1-3-13(16,4-2)9-17-20(18,19)12-6-5-10(8-15)7-11(12)14;/h5-7,17H,3-4,9,16H2,1-2H3;1H. The first-order valence-corrected chi connectivity index (χ1v) is 8.12. The van der Waals surface area contributed by atoms with Crippen molar-refractivity contribution in [3.8, 4) is 6.07 Å². The molecule has 0 saturated heterocycles. The summed E-state index contributed by atoms with van der Waals surface area (Å²) in [7, 11) is -3.74. The maximum Gasteiger partial charge on any atom is 0.242 e. The average Bonchev–Trinajstić information content (AvgIpc) is 2.44. The molecule has 0 heterocycles. The van der Waals surface area contributed by atoms with Gasteiger partial charge >= 0.3 is 0 Å². The molecule has 0 amide bonds. The molecule has 0 spiro atoms. The fourth-order valence-electron chi connectivity index (χ4n) is 1.60. The Morgan fingerprint density at radius 2 is 1.95 bits per heavy atom. The fraction of sp³-hybridized carbons (Fsp3) is 0.462. The molecule has 0 radical (unpaired) electrons. The molecule has 0 aromatic heterocycles. The molecule has 0 aliphatic carbocycles. The molecular weight excluding hydrogens is 333 g/mol. The Kier molecular flexibility index (Phi) is 7.65. The van der Waals surface area contributed by atoms with Gasteiger partial charge in [-0.3, -0.25) is 0 Å². The number of rotatable bonds is 6. The van der Waals surface area contributed by atoms with E-state index in [2.05, 4.69) is 4.72 Å². The number of nitrogens with one attached hydrogen (secondary N) is 1. The van der Waals surface area contributed by atoms with Crippen molar-refractivity contribution in [1.82, 2.24) is 4.72 Å². The van der Waals surface area contributed by atoms with Crippen LogP contribution in [0.4, 0.5) is 0 Å². The van der Waals surface area contributed by atoms with Crippen LogP contribution in [0.5, 0.6) is 0 Å². The summed E-state index contributed by atoms with van der Waals surface area (Å²) in [6.07, 6.45) is 1.32. The minimum absolute atomic E-state index is 0. The highest BCUT2D eigenvalue weighted by Crippen LogP contribution is 2.22. The number of halogens is 2. The molecule has 3 N–H and O–H groups in total. The largest absolute Gasteiger partial charge is 0.324 e. The van der Waals surface area contributed by atoms with Gasteiger partial charge < -0.3 is 5.73 Å². The zero-order valence-corrected chi connectivity index (χ0v) is 14.3. The summed E-state index contributed by atoms with van der Waals surface area (Å²) in [6, 6.07) is 5.96. The Labute approximate surface area is 136 Å². The summed E-state index contributed by atoms with van der Waals surface area (Å²) in [5.41, 5.74) is 5.79. The lowest BCUT2D eigenvalue weighted by Gasteiger charge is -2.26. The van der Waals surface area contributed by atoms with E-state index in [9.17, 15) is 8.42 Å². The molecule has 1 aromatic rings. The third-order valence-corrected chi connectivity index (χ3v) is 5.26. The Balaban J connectivity index is 0.00000400. The number of nitrogens with zero attached hydrogens (tertiary/aromatic N) is 1. The van der Waals surface area contributed by atoms with Crippen molar-refractivity contribution in [2.75, 3.05) is 6.54 Å². The van der Waals surface area contributed by atoms with E-state index in [1.54, 1.807) is 0 Å². The van der Waals surface area contributed by atoms with Crippen LogP contribution in [0.25, 0.3) is 0 Å². The molecule has 1 aromatic carbocycles. The van der Waals surface area contributed by atoms with Crippen molar-refractivity contribution < 1.29 is 8.42 Å². The molecule has 0 unspecified atom stereocenters. The molecular formula is C13H19Cl2N3O2S. The second kappa shape index (κ2) is 7.97. The molecule has 0 aliphatic heterocycles. The van der Waals surface area contributed by atoms with E-state index in [1.165, 1.54) is 18.2 Å². The zero-order chi connectivity index (χ0) is 15.4. The summed E-state index contributed by atoms with van der Waals surface area (Å²) in [4.78, 5) is -0.0484. The van der Waals surface area contributed by atoms with Gasteiger partial charge in [0, 0.05) is 12.1 Å². The van der Waals surface area contributed by atoms with Crippen LogP contribution in [0.2, 0.25) is 5.02 Å². The van der Waals surface area contributed by atoms with Gasteiger partial charge in [-0.25, -0.2) is 13.1 Å². The van der Waals surface area contributed by atoms with Crippen molar-refractivity contribution in [2.24, 2.45) is 5.73 Å². The van der Waals surface area contributed by atoms with Crippen LogP contribution in [-0.2, 0) is 10.0 Å². The monoisotopic (exact) mass is 351 g/mol. The maximum atomic E-state index is 12.2. The Bertz CT molecular complexity index is 623. The minimum atomic E-state index is -3.74. The number of nitrogens with two attached hydrogens (primary N) is 1. The summed E-state index contributed by atoms with van der Waals surface area (Å²) < 4.78 is 26.9. The number of hydrogen-bond acceptors (Lipinski definition) is 4. The van der Waals surface area contributed by atoms with Crippen LogP contribution in [0, 0.1) is 11.3 Å². The van der Waals surface area contributed by atoms with Gasteiger partial charge in [0.05, 0.1) is 16.7 Å². The van der Waals surface area contributed by atoms with E-state index in [4.69, 9.17) is 22.6 Å². The number of hydrogen-bond donors (Lipinski definition) is 2. The second-order valence-corrected chi connectivity index (χ2v) is 6.79. The van der Waals surface area contributed by atoms with Crippen molar-refractivity contribution in [3.05, 3.63) is 28.8 Å². The van der Waals surface area contributed by atoms with E-state index >= 15 is 0 Å². The second-order valence-electron chi connectivity index (χ2n) is 4.65. The minimum Gasteiger partial charge on any atom is -0.324 e. The fourth-order valence-corrected chi connectivity index (χ4v) is 3.29. The van der Waals surface area contributed by atoms with Crippen LogP contribution >= 0.6 is 24.0 Å². The molecule has 8 heteroatoms. The van der Waals surface area contributed by atoms with Gasteiger partial charge in [-0.05, 0) is 31.0 Å². The quantitative estimate of drug-likeness (QED) is 0.822. The van der Waals surface area contributed by atoms with Gasteiger partial charge in [-0.1, -0.05) is 25.4 Å². The van der Waals surface area contributed by atoms with Gasteiger partial charge in [0.1, 0.15) is 4.90 Å². The highest BCUT2D eigenvalue weighted by molar-refractivity contribution is 7.89. The van der Waals surface area contributed by atoms with Gasteiger partial charge in [-0.15, -0.1) is 12.4 Å². The predicted molar refractivity (Wildman–Crippen MR) is 86.1 cm³/mol. The van der Waals surface area contributed by atoms with Gasteiger partial charge in [0.2, 0.25) is 10.0 Å². The molecule has 0 fully saturated rings. The number of nitriles is 1. The molecule has 0 saturated carbocycles. The van der Waals surface area contributed by atoms with Crippen LogP contribution in [0.15, 0.2) is 23.1 Å². The summed E-state index contributed by atoms with van der Waals surface area (Å²) >= 11 is 5.91. The first-order valence-electron chi connectivity index (χ1n) is 6.26. The smallest absolute Gasteiger partial charge is 0.242 e. The molecule has 0 aliphatic rings. The lowest BCUT2D eigenvalue weighted by molar-refractivity contribution is 0.392. The first-order chi connectivity index (χ1) is 9.28. The third-order valence-electron chi connectivity index (χ3n) is 3.37. The van der Waals surface area contributed by atoms with E-state index in [0.717, 1.165) is 0 Å². The van der Waals surface area contributed by atoms with E-state index < -0.39 is 15.6 Å². The first kappa shape index (κ1) is 20.2. The van der Waals surface area contributed by atoms with Crippen molar-refractivity contribution in [2.45, 2.75) is 37.1 Å². The topological polar surface area (TPSA) is 96.0 Å². The Morgan fingerprint density at radius 1 is 1.38 bits per heavy atom. The van der Waals surface area contributed by atoms with E-state index in [-0.39, 0.29) is 28.9 Å². The summed E-state index contributed by atoms with van der Waals surface area (Å²) in [6.45, 7) is 3.96. The van der Waals surface area contributed by atoms with Gasteiger partial charge in [-0.2, -0.15) is 5.26 Å². The van der Waals surface area contributed by atoms with E-state index in [1.807, 2.05) is 19.9 Å². The maximum absolute atomic E-state index is 12.2. The van der Waals surface area contributed by atoms with Crippen molar-refractivity contribution in [1.29, 1.82) is 5.26 Å². The molecule has 21 heavy (non-hydrogen) atoms. The SMILES string of the molecule is CCC(N)(CC)CNS(=O)(=O)c1ccc(C#N)cc1Cl.Cl. The number of benzene rings is 1. The Morgan fingerprint density at radius 3 is 2.38 bits per heavy atom. The summed E-state index contributed by atoms with van der Waals surface area (Å²) in [5.74, 6) is 0. The normalized spacial score (nSPS) is 11.6. The molecule has 0 bridgehead atoms. The van der Waals surface area contributed by atoms with Crippen LogP contribution in [0.1, 0.15) is 32.3 Å². The van der Waals surface area contributed by atoms with Crippen molar-refractivity contribution in [3.63, 3.8) is 0 Å². The molecule has 1 rings (SSSR count). The van der Waals surface area contributed by atoms with Gasteiger partial charge in [0.25, 0.3) is 0 Å². The highest BCUT2D eigenvalue weighted by Gasteiger charge is 2.25. The average molecular weight is 352 g/mol. The number of sulfonamides is 1. The molecule has 0 atom stereocenters. The van der Waals surface area contributed by atoms with Gasteiger partial charge in [0.15, 0.2) is 0 Å². The van der Waals surface area contributed by atoms with E-state index in [0.29, 0.717) is 18.4 Å². The predicted octanol–water partition coefficient (Wildman–Crippen LogP) is 2.43. The lowest BCUT2D eigenvalue weighted by Crippen LogP contribution is -2.49. The molecule has 5 nitrogen and oxygen atoms in total. The lowest BCUT2D eigenvalue weighted by atomic mass is 9.95. The Hall–Kier alpha value is -0.840. The van der Waals surface area contributed by atoms with Crippen LogP contribution in [-0.4, -0.2) is 20.5 Å². The zero-order valence-electron chi connectivity index (χ0n) is 11.9. The highest BCUT2D eigenvalue weighted by atomic mass is 35.5. The third kappa shape index (κ3) is 5.13. The van der Waals surface area contributed by atoms with Crippen molar-refractivity contribution >= 4 is 34.0 Å². The summed E-state index contributed by atoms with van der Waals surface area (Å²) in [5, 5.41) is 8.76. The van der Waals surface area contributed by atoms with Crippen LogP contribution < -0.4 is 10.5 Å².